The number of nitrogen functional groups attached to an aromatic ring is 1. The van der Waals surface area contributed by atoms with E-state index in [-0.39, 0.29) is 17.9 Å². The Morgan fingerprint density at radius 3 is 2.63 bits per heavy atom. The van der Waals surface area contributed by atoms with Crippen LogP contribution in [0.25, 0.3) is 16.9 Å². The van der Waals surface area contributed by atoms with Crippen LogP contribution in [0.3, 0.4) is 0 Å². The van der Waals surface area contributed by atoms with Crippen molar-refractivity contribution in [2.24, 2.45) is 0 Å². The van der Waals surface area contributed by atoms with Crippen molar-refractivity contribution in [3.63, 3.8) is 0 Å². The lowest BCUT2D eigenvalue weighted by molar-refractivity contribution is -0.00535. The normalized spacial score (nSPS) is 19.6. The van der Waals surface area contributed by atoms with Gasteiger partial charge in [-0.05, 0) is 43.2 Å². The zero-order valence-corrected chi connectivity index (χ0v) is 14.9. The number of anilines is 1. The summed E-state index contributed by atoms with van der Waals surface area (Å²) >= 11 is 0. The van der Waals surface area contributed by atoms with Crippen molar-refractivity contribution in [1.29, 1.82) is 0 Å². The second-order valence-electron chi connectivity index (χ2n) is 6.91. The average molecular weight is 371 g/mol. The van der Waals surface area contributed by atoms with Gasteiger partial charge in [0.2, 0.25) is 5.95 Å². The number of fused-ring (bicyclic) bond motifs is 1. The van der Waals surface area contributed by atoms with E-state index in [1.54, 1.807) is 0 Å². The van der Waals surface area contributed by atoms with Crippen LogP contribution in [0.4, 0.5) is 10.3 Å². The number of hydrogen-bond acceptors (Lipinski definition) is 6. The van der Waals surface area contributed by atoms with E-state index in [2.05, 4.69) is 15.1 Å². The third-order valence-corrected chi connectivity index (χ3v) is 4.72. The molecule has 0 spiro atoms. The van der Waals surface area contributed by atoms with Crippen molar-refractivity contribution in [2.45, 2.75) is 37.7 Å². The van der Waals surface area contributed by atoms with Crippen LogP contribution in [0.5, 0.6) is 0 Å². The van der Waals surface area contributed by atoms with Gasteiger partial charge in [0.1, 0.15) is 5.52 Å². The summed E-state index contributed by atoms with van der Waals surface area (Å²) in [6, 6.07) is 5.34. The fourth-order valence-corrected chi connectivity index (χ4v) is 3.09. The lowest BCUT2D eigenvalue weighted by Gasteiger charge is -2.15. The minimum absolute atomic E-state index is 0.101. The summed E-state index contributed by atoms with van der Waals surface area (Å²) in [5.41, 5.74) is 8.35. The number of rotatable bonds is 2. The second-order valence-corrected chi connectivity index (χ2v) is 6.91. The molecule has 4 heterocycles. The molecular formula is C19H22FN5O2. The molecule has 142 valence electrons. The SMILES string of the molecule is Nc1ncc2c(F)cc(-c3ccc(C4CC4)cn3)n2n1.OC1CCCOC1. The van der Waals surface area contributed by atoms with Crippen LogP contribution in [0.1, 0.15) is 37.2 Å². The molecule has 7 nitrogen and oxygen atoms in total. The lowest BCUT2D eigenvalue weighted by atomic mass is 10.1. The number of halogens is 1. The smallest absolute Gasteiger partial charge is 0.238 e. The molecule has 0 aromatic carbocycles. The molecule has 2 aliphatic rings. The van der Waals surface area contributed by atoms with Gasteiger partial charge in [0, 0.05) is 18.9 Å². The summed E-state index contributed by atoms with van der Waals surface area (Å²) in [5, 5.41) is 12.8. The molecule has 1 saturated carbocycles. The number of nitrogens with zero attached hydrogens (tertiary/aromatic N) is 4. The Balaban J connectivity index is 0.000000218. The van der Waals surface area contributed by atoms with E-state index in [0.717, 1.165) is 19.4 Å². The fraction of sp³-hybridized carbons (Fsp3) is 0.421. The van der Waals surface area contributed by atoms with Crippen LogP contribution in [-0.4, -0.2) is 44.0 Å². The minimum atomic E-state index is -0.381. The first-order chi connectivity index (χ1) is 13.1. The molecule has 8 heteroatoms. The lowest BCUT2D eigenvalue weighted by Crippen LogP contribution is -2.21. The van der Waals surface area contributed by atoms with E-state index < -0.39 is 0 Å². The fourth-order valence-electron chi connectivity index (χ4n) is 3.09. The Morgan fingerprint density at radius 1 is 1.19 bits per heavy atom. The molecule has 0 amide bonds. The maximum atomic E-state index is 13.9. The van der Waals surface area contributed by atoms with Crippen molar-refractivity contribution in [1.82, 2.24) is 19.6 Å². The summed E-state index contributed by atoms with van der Waals surface area (Å²) in [4.78, 5) is 8.22. The highest BCUT2D eigenvalue weighted by Crippen LogP contribution is 2.40. The van der Waals surface area contributed by atoms with Crippen LogP contribution in [0.15, 0.2) is 30.6 Å². The van der Waals surface area contributed by atoms with Gasteiger partial charge in [-0.1, -0.05) is 6.07 Å². The highest BCUT2D eigenvalue weighted by Gasteiger charge is 2.24. The summed E-state index contributed by atoms with van der Waals surface area (Å²) in [6.07, 6.45) is 7.44. The number of hydrogen-bond donors (Lipinski definition) is 2. The topological polar surface area (TPSA) is 98.6 Å². The minimum Gasteiger partial charge on any atom is -0.391 e. The average Bonchev–Trinajstić information content (AvgIpc) is 3.48. The number of nitrogens with two attached hydrogens (primary N) is 1. The van der Waals surface area contributed by atoms with E-state index in [0.29, 0.717) is 29.4 Å². The van der Waals surface area contributed by atoms with E-state index in [1.807, 2.05) is 18.3 Å². The summed E-state index contributed by atoms with van der Waals surface area (Å²) < 4.78 is 20.2. The van der Waals surface area contributed by atoms with E-state index >= 15 is 0 Å². The maximum absolute atomic E-state index is 13.9. The molecule has 27 heavy (non-hydrogen) atoms. The number of ether oxygens (including phenoxy) is 1. The molecule has 0 bridgehead atoms. The summed E-state index contributed by atoms with van der Waals surface area (Å²) in [5.74, 6) is 0.368. The van der Waals surface area contributed by atoms with Gasteiger partial charge in [0.25, 0.3) is 0 Å². The van der Waals surface area contributed by atoms with E-state index in [1.165, 1.54) is 35.2 Å². The summed E-state index contributed by atoms with van der Waals surface area (Å²) in [7, 11) is 0. The third-order valence-electron chi connectivity index (χ3n) is 4.72. The molecule has 2 fully saturated rings. The standard InChI is InChI=1S/C14H12FN5.C5H10O2/c15-10-5-12(20-13(10)7-18-14(16)19-20)11-4-3-9(6-17-11)8-1-2-8;6-5-2-1-3-7-4-5/h3-8H,1-2H2,(H2,16,19);5-6H,1-4H2. The number of aliphatic hydroxyl groups excluding tert-OH is 1. The Kier molecular flexibility index (Phi) is 5.00. The predicted molar refractivity (Wildman–Crippen MR) is 98.6 cm³/mol. The molecule has 3 aromatic rings. The van der Waals surface area contributed by atoms with Crippen LogP contribution in [0.2, 0.25) is 0 Å². The van der Waals surface area contributed by atoms with Crippen molar-refractivity contribution in [3.05, 3.63) is 42.0 Å². The first kappa shape index (κ1) is 17.8. The molecule has 1 aliphatic carbocycles. The quantitative estimate of drug-likeness (QED) is 0.718. The molecule has 1 saturated heterocycles. The first-order valence-electron chi connectivity index (χ1n) is 9.13. The Hall–Kier alpha value is -2.58. The number of pyridine rings is 1. The third kappa shape index (κ3) is 4.06. The highest BCUT2D eigenvalue weighted by atomic mass is 19.1. The van der Waals surface area contributed by atoms with E-state index in [4.69, 9.17) is 15.6 Å². The molecule has 1 unspecified atom stereocenters. The molecule has 5 rings (SSSR count). The Morgan fingerprint density at radius 2 is 2.04 bits per heavy atom. The van der Waals surface area contributed by atoms with Crippen LogP contribution < -0.4 is 5.73 Å². The molecule has 3 N–H and O–H groups in total. The Labute approximate surface area is 156 Å². The van der Waals surface area contributed by atoms with Gasteiger partial charge in [0.15, 0.2) is 5.82 Å². The van der Waals surface area contributed by atoms with Crippen LogP contribution in [0, 0.1) is 5.82 Å². The van der Waals surface area contributed by atoms with Crippen LogP contribution >= 0.6 is 0 Å². The van der Waals surface area contributed by atoms with Crippen molar-refractivity contribution < 1.29 is 14.2 Å². The highest BCUT2D eigenvalue weighted by molar-refractivity contribution is 5.64. The zero-order chi connectivity index (χ0) is 18.8. The monoisotopic (exact) mass is 371 g/mol. The van der Waals surface area contributed by atoms with Crippen LogP contribution in [-0.2, 0) is 4.74 Å². The van der Waals surface area contributed by atoms with Gasteiger partial charge in [0.05, 0.1) is 30.3 Å². The van der Waals surface area contributed by atoms with Gasteiger partial charge in [-0.3, -0.25) is 4.98 Å². The van der Waals surface area contributed by atoms with Gasteiger partial charge in [-0.25, -0.2) is 13.9 Å². The number of aliphatic hydroxyl groups is 1. The van der Waals surface area contributed by atoms with Crippen molar-refractivity contribution >= 4 is 11.5 Å². The molecular weight excluding hydrogens is 349 g/mol. The largest absolute Gasteiger partial charge is 0.391 e. The van der Waals surface area contributed by atoms with E-state index in [9.17, 15) is 4.39 Å². The van der Waals surface area contributed by atoms with Gasteiger partial charge in [-0.15, -0.1) is 5.10 Å². The Bertz CT molecular complexity index is 918. The zero-order valence-electron chi connectivity index (χ0n) is 14.9. The maximum Gasteiger partial charge on any atom is 0.238 e. The van der Waals surface area contributed by atoms with Gasteiger partial charge >= 0.3 is 0 Å². The molecule has 1 atom stereocenters. The summed E-state index contributed by atoms with van der Waals surface area (Å²) in [6.45, 7) is 1.37. The first-order valence-corrected chi connectivity index (χ1v) is 9.13. The number of aromatic nitrogens is 4. The predicted octanol–water partition coefficient (Wildman–Crippen LogP) is 2.55. The van der Waals surface area contributed by atoms with Gasteiger partial charge < -0.3 is 15.6 Å². The second kappa shape index (κ2) is 7.58. The van der Waals surface area contributed by atoms with Gasteiger partial charge in [-0.2, -0.15) is 0 Å². The van der Waals surface area contributed by atoms with Crippen molar-refractivity contribution in [2.75, 3.05) is 18.9 Å². The molecule has 3 aromatic heterocycles. The van der Waals surface area contributed by atoms with Crippen molar-refractivity contribution in [3.8, 4) is 11.4 Å². The molecule has 0 radical (unpaired) electrons. The molecule has 1 aliphatic heterocycles.